The molecule has 0 aromatic rings. The Bertz CT molecular complexity index is 286. The van der Waals surface area contributed by atoms with E-state index in [9.17, 15) is 5.11 Å². The van der Waals surface area contributed by atoms with Crippen LogP contribution in [0.2, 0.25) is 0 Å². The summed E-state index contributed by atoms with van der Waals surface area (Å²) in [5.74, 6) is 0.557. The maximum absolute atomic E-state index is 10.0. The van der Waals surface area contributed by atoms with Gasteiger partial charge >= 0.3 is 0 Å². The van der Waals surface area contributed by atoms with Crippen LogP contribution in [0.5, 0.6) is 0 Å². The first-order valence-corrected chi connectivity index (χ1v) is 5.72. The van der Waals surface area contributed by atoms with Crippen LogP contribution in [0.1, 0.15) is 39.0 Å². The Labute approximate surface area is 85.0 Å². The Morgan fingerprint density at radius 2 is 2.29 bits per heavy atom. The summed E-state index contributed by atoms with van der Waals surface area (Å²) in [4.78, 5) is 0. The molecule has 0 aromatic carbocycles. The zero-order chi connectivity index (χ0) is 9.81. The lowest BCUT2D eigenvalue weighted by Gasteiger charge is -2.43. The van der Waals surface area contributed by atoms with E-state index in [-0.39, 0.29) is 11.7 Å². The minimum Gasteiger partial charge on any atom is -0.390 e. The van der Waals surface area contributed by atoms with E-state index in [0.717, 1.165) is 12.8 Å². The third kappa shape index (κ3) is 0.986. The predicted molar refractivity (Wildman–Crippen MR) is 53.9 cm³/mol. The van der Waals surface area contributed by atoms with E-state index in [2.05, 4.69) is 12.2 Å². The summed E-state index contributed by atoms with van der Waals surface area (Å²) in [5.41, 5.74) is -0.408. The molecule has 0 amide bonds. The summed E-state index contributed by atoms with van der Waals surface area (Å²) in [6.45, 7) is 2.01. The van der Waals surface area contributed by atoms with E-state index in [0.29, 0.717) is 5.92 Å². The highest BCUT2D eigenvalue weighted by Gasteiger charge is 2.57. The van der Waals surface area contributed by atoms with E-state index in [1.807, 2.05) is 6.92 Å². The van der Waals surface area contributed by atoms with Crippen molar-refractivity contribution in [3.63, 3.8) is 0 Å². The van der Waals surface area contributed by atoms with Gasteiger partial charge < -0.3 is 9.84 Å². The number of fused-ring (bicyclic) bond motifs is 1. The van der Waals surface area contributed by atoms with Crippen molar-refractivity contribution in [2.45, 2.75) is 56.3 Å². The van der Waals surface area contributed by atoms with Gasteiger partial charge in [-0.15, -0.1) is 0 Å². The predicted octanol–water partition coefficient (Wildman–Crippen LogP) is 2.03. The largest absolute Gasteiger partial charge is 0.390 e. The molecule has 2 heterocycles. The van der Waals surface area contributed by atoms with Gasteiger partial charge in [-0.3, -0.25) is 0 Å². The van der Waals surface area contributed by atoms with Crippen molar-refractivity contribution < 1.29 is 9.84 Å². The van der Waals surface area contributed by atoms with Crippen molar-refractivity contribution in [1.82, 2.24) is 0 Å². The van der Waals surface area contributed by atoms with Gasteiger partial charge in [0, 0.05) is 12.3 Å². The first-order valence-electron chi connectivity index (χ1n) is 5.72. The number of aliphatic hydroxyl groups is 1. The molecule has 14 heavy (non-hydrogen) atoms. The lowest BCUT2D eigenvalue weighted by Crippen LogP contribution is -2.44. The van der Waals surface area contributed by atoms with Crippen LogP contribution in [0.15, 0.2) is 12.2 Å². The van der Waals surface area contributed by atoms with Gasteiger partial charge in [0.15, 0.2) is 0 Å². The summed E-state index contributed by atoms with van der Waals surface area (Å²) < 4.78 is 6.15. The van der Waals surface area contributed by atoms with E-state index in [1.54, 1.807) is 0 Å². The SMILES string of the molecule is CC12C=CC3CCCCC3(CC1O)O2. The van der Waals surface area contributed by atoms with Gasteiger partial charge in [0.1, 0.15) is 5.60 Å². The molecule has 4 atom stereocenters. The monoisotopic (exact) mass is 194 g/mol. The zero-order valence-corrected chi connectivity index (χ0v) is 8.70. The summed E-state index contributed by atoms with van der Waals surface area (Å²) in [6.07, 6.45) is 9.84. The van der Waals surface area contributed by atoms with Crippen LogP contribution in [-0.4, -0.2) is 22.4 Å². The third-order valence-corrected chi connectivity index (χ3v) is 4.32. The summed E-state index contributed by atoms with van der Waals surface area (Å²) in [5, 5.41) is 10.0. The Hall–Kier alpha value is -0.340. The number of hydrogen-bond acceptors (Lipinski definition) is 2. The fourth-order valence-electron chi connectivity index (χ4n) is 3.42. The molecule has 2 heteroatoms. The molecular weight excluding hydrogens is 176 g/mol. The van der Waals surface area contributed by atoms with Gasteiger partial charge in [-0.25, -0.2) is 0 Å². The van der Waals surface area contributed by atoms with Crippen LogP contribution in [0.3, 0.4) is 0 Å². The van der Waals surface area contributed by atoms with Crippen LogP contribution < -0.4 is 0 Å². The van der Waals surface area contributed by atoms with Crippen molar-refractivity contribution in [2.24, 2.45) is 5.92 Å². The van der Waals surface area contributed by atoms with Crippen molar-refractivity contribution >= 4 is 0 Å². The molecule has 78 valence electrons. The summed E-state index contributed by atoms with van der Waals surface area (Å²) >= 11 is 0. The standard InChI is InChI=1S/C12H18O2/c1-11-7-5-9-4-2-3-6-12(9,14-11)8-10(11)13/h5,7,9-10,13H,2-4,6,8H2,1H3. The van der Waals surface area contributed by atoms with Gasteiger partial charge in [0.2, 0.25) is 0 Å². The van der Waals surface area contributed by atoms with Crippen LogP contribution in [0, 0.1) is 5.92 Å². The van der Waals surface area contributed by atoms with E-state index < -0.39 is 5.60 Å². The zero-order valence-electron chi connectivity index (χ0n) is 8.70. The maximum atomic E-state index is 10.0. The van der Waals surface area contributed by atoms with Gasteiger partial charge in [0.05, 0.1) is 11.7 Å². The van der Waals surface area contributed by atoms with Crippen LogP contribution in [-0.2, 0) is 4.74 Å². The Balaban J connectivity index is 2.01. The smallest absolute Gasteiger partial charge is 0.110 e. The number of hydrogen-bond donors (Lipinski definition) is 1. The molecule has 2 bridgehead atoms. The maximum Gasteiger partial charge on any atom is 0.110 e. The highest BCUT2D eigenvalue weighted by molar-refractivity contribution is 5.22. The van der Waals surface area contributed by atoms with Gasteiger partial charge in [-0.2, -0.15) is 0 Å². The molecule has 1 spiro atoms. The fraction of sp³-hybridized carbons (Fsp3) is 0.833. The van der Waals surface area contributed by atoms with Gasteiger partial charge in [-0.1, -0.05) is 25.0 Å². The molecule has 1 N–H and O–H groups in total. The third-order valence-electron chi connectivity index (χ3n) is 4.32. The molecule has 2 nitrogen and oxygen atoms in total. The summed E-state index contributed by atoms with van der Waals surface area (Å²) in [6, 6.07) is 0. The fourth-order valence-corrected chi connectivity index (χ4v) is 3.42. The molecule has 3 aliphatic rings. The van der Waals surface area contributed by atoms with Crippen molar-refractivity contribution in [2.75, 3.05) is 0 Å². The van der Waals surface area contributed by atoms with E-state index in [4.69, 9.17) is 4.74 Å². The molecule has 2 aliphatic heterocycles. The quantitative estimate of drug-likeness (QED) is 0.598. The Morgan fingerprint density at radius 3 is 3.14 bits per heavy atom. The molecule has 1 saturated heterocycles. The Kier molecular flexibility index (Phi) is 1.67. The van der Waals surface area contributed by atoms with Crippen LogP contribution in [0.4, 0.5) is 0 Å². The molecule has 0 aromatic heterocycles. The van der Waals surface area contributed by atoms with E-state index in [1.165, 1.54) is 19.3 Å². The van der Waals surface area contributed by atoms with E-state index >= 15 is 0 Å². The molecular formula is C12H18O2. The topological polar surface area (TPSA) is 29.5 Å². The molecule has 1 saturated carbocycles. The average Bonchev–Trinajstić information content (AvgIpc) is 2.34. The van der Waals surface area contributed by atoms with Gasteiger partial charge in [-0.05, 0) is 19.8 Å². The Morgan fingerprint density at radius 1 is 1.43 bits per heavy atom. The molecule has 4 unspecified atom stereocenters. The number of aliphatic hydroxyl groups excluding tert-OH is 1. The first kappa shape index (κ1) is 8.93. The number of rotatable bonds is 0. The first-order chi connectivity index (χ1) is 6.65. The highest BCUT2D eigenvalue weighted by Crippen LogP contribution is 2.53. The normalized spacial score (nSPS) is 55.9. The lowest BCUT2D eigenvalue weighted by molar-refractivity contribution is -0.130. The second-order valence-corrected chi connectivity index (χ2v) is 5.28. The summed E-state index contributed by atoms with van der Waals surface area (Å²) in [7, 11) is 0. The number of ether oxygens (including phenoxy) is 1. The minimum atomic E-state index is -0.395. The van der Waals surface area contributed by atoms with Gasteiger partial charge in [0.25, 0.3) is 0 Å². The molecule has 1 aliphatic carbocycles. The van der Waals surface area contributed by atoms with Crippen LogP contribution in [0.25, 0.3) is 0 Å². The van der Waals surface area contributed by atoms with Crippen molar-refractivity contribution in [3.05, 3.63) is 12.2 Å². The second-order valence-electron chi connectivity index (χ2n) is 5.28. The average molecular weight is 194 g/mol. The second kappa shape index (κ2) is 2.61. The molecule has 2 fully saturated rings. The van der Waals surface area contributed by atoms with Crippen LogP contribution >= 0.6 is 0 Å². The van der Waals surface area contributed by atoms with Crippen molar-refractivity contribution in [3.8, 4) is 0 Å². The lowest BCUT2D eigenvalue weighted by atomic mass is 9.74. The van der Waals surface area contributed by atoms with Crippen molar-refractivity contribution in [1.29, 1.82) is 0 Å². The molecule has 3 rings (SSSR count). The molecule has 0 radical (unpaired) electrons. The minimum absolute atomic E-state index is 0.0127. The highest BCUT2D eigenvalue weighted by atomic mass is 16.5.